The van der Waals surface area contributed by atoms with Gasteiger partial charge in [0.1, 0.15) is 17.8 Å². The standard InChI is InChI=1S/C16H16Cl2N4O2/c17-11-4-1-5-12(15(11)18)22-14-7-13(20-9-21-14)16(23)19-8-10-3-2-6-24-10/h1,4-5,7,9-10H,2-3,6,8H2,(H,19,23)(H,20,21,22). The van der Waals surface area contributed by atoms with Crippen molar-refractivity contribution in [3.05, 3.63) is 46.3 Å². The lowest BCUT2D eigenvalue weighted by atomic mass is 10.2. The number of anilines is 2. The van der Waals surface area contributed by atoms with Gasteiger partial charge in [0.05, 0.1) is 21.8 Å². The van der Waals surface area contributed by atoms with Crippen molar-refractivity contribution in [2.45, 2.75) is 18.9 Å². The van der Waals surface area contributed by atoms with E-state index in [1.807, 2.05) is 0 Å². The first kappa shape index (κ1) is 17.0. The van der Waals surface area contributed by atoms with Crippen LogP contribution in [0.2, 0.25) is 10.0 Å². The molecule has 0 aliphatic carbocycles. The molecule has 2 aromatic rings. The van der Waals surface area contributed by atoms with Crippen LogP contribution in [-0.4, -0.2) is 35.1 Å². The molecule has 24 heavy (non-hydrogen) atoms. The van der Waals surface area contributed by atoms with Gasteiger partial charge in [-0.05, 0) is 25.0 Å². The number of aromatic nitrogens is 2. The molecule has 1 fully saturated rings. The highest BCUT2D eigenvalue weighted by atomic mass is 35.5. The molecule has 0 spiro atoms. The highest BCUT2D eigenvalue weighted by Gasteiger charge is 2.17. The van der Waals surface area contributed by atoms with Gasteiger partial charge in [0.25, 0.3) is 5.91 Å². The minimum absolute atomic E-state index is 0.0821. The van der Waals surface area contributed by atoms with E-state index in [0.717, 1.165) is 19.4 Å². The fraction of sp³-hybridized carbons (Fsp3) is 0.312. The quantitative estimate of drug-likeness (QED) is 0.847. The molecule has 1 unspecified atom stereocenters. The third-order valence-corrected chi connectivity index (χ3v) is 4.45. The SMILES string of the molecule is O=C(NCC1CCCO1)c1cc(Nc2cccc(Cl)c2Cl)ncn1. The van der Waals surface area contributed by atoms with E-state index in [1.54, 1.807) is 24.3 Å². The summed E-state index contributed by atoms with van der Waals surface area (Å²) in [4.78, 5) is 20.3. The van der Waals surface area contributed by atoms with Gasteiger partial charge in [-0.1, -0.05) is 29.3 Å². The first-order valence-corrected chi connectivity index (χ1v) is 8.32. The van der Waals surface area contributed by atoms with Crippen molar-refractivity contribution in [3.8, 4) is 0 Å². The fourth-order valence-electron chi connectivity index (χ4n) is 2.39. The van der Waals surface area contributed by atoms with Crippen LogP contribution in [0.15, 0.2) is 30.6 Å². The van der Waals surface area contributed by atoms with Gasteiger partial charge < -0.3 is 15.4 Å². The third kappa shape index (κ3) is 4.14. The highest BCUT2D eigenvalue weighted by molar-refractivity contribution is 6.43. The minimum atomic E-state index is -0.270. The van der Waals surface area contributed by atoms with Crippen LogP contribution >= 0.6 is 23.2 Å². The van der Waals surface area contributed by atoms with Gasteiger partial charge in [-0.25, -0.2) is 9.97 Å². The first-order valence-electron chi connectivity index (χ1n) is 7.56. The normalized spacial score (nSPS) is 16.8. The molecule has 6 nitrogen and oxygen atoms in total. The van der Waals surface area contributed by atoms with Gasteiger partial charge in [0.15, 0.2) is 0 Å². The number of nitrogens with zero attached hydrogens (tertiary/aromatic N) is 2. The number of carbonyl (C=O) groups excluding carboxylic acids is 1. The van der Waals surface area contributed by atoms with Crippen molar-refractivity contribution in [1.82, 2.24) is 15.3 Å². The molecule has 0 bridgehead atoms. The number of ether oxygens (including phenoxy) is 1. The Morgan fingerprint density at radius 1 is 1.33 bits per heavy atom. The molecule has 2 N–H and O–H groups in total. The summed E-state index contributed by atoms with van der Waals surface area (Å²) in [5.41, 5.74) is 0.872. The molecule has 1 aliphatic rings. The van der Waals surface area contributed by atoms with E-state index in [4.69, 9.17) is 27.9 Å². The Kier molecular flexibility index (Phi) is 5.50. The number of hydrogen-bond donors (Lipinski definition) is 2. The zero-order valence-electron chi connectivity index (χ0n) is 12.8. The van der Waals surface area contributed by atoms with Gasteiger partial charge in [-0.2, -0.15) is 0 Å². The predicted molar refractivity (Wildman–Crippen MR) is 93.1 cm³/mol. The average Bonchev–Trinajstić information content (AvgIpc) is 3.11. The minimum Gasteiger partial charge on any atom is -0.376 e. The molecule has 8 heteroatoms. The third-order valence-electron chi connectivity index (χ3n) is 3.63. The summed E-state index contributed by atoms with van der Waals surface area (Å²) in [5, 5.41) is 6.68. The van der Waals surface area contributed by atoms with Crippen molar-refractivity contribution in [3.63, 3.8) is 0 Å². The maximum Gasteiger partial charge on any atom is 0.270 e. The van der Waals surface area contributed by atoms with E-state index in [0.29, 0.717) is 28.1 Å². The molecule has 0 radical (unpaired) electrons. The van der Waals surface area contributed by atoms with Crippen LogP contribution in [-0.2, 0) is 4.74 Å². The van der Waals surface area contributed by atoms with E-state index in [2.05, 4.69) is 20.6 Å². The number of nitrogens with one attached hydrogen (secondary N) is 2. The molecule has 1 aromatic carbocycles. The Bertz CT molecular complexity index is 736. The largest absolute Gasteiger partial charge is 0.376 e. The number of amides is 1. The van der Waals surface area contributed by atoms with E-state index in [-0.39, 0.29) is 17.7 Å². The van der Waals surface area contributed by atoms with Crippen LogP contribution in [0, 0.1) is 0 Å². The molecule has 1 atom stereocenters. The van der Waals surface area contributed by atoms with Gasteiger partial charge in [0.2, 0.25) is 0 Å². The zero-order chi connectivity index (χ0) is 16.9. The van der Waals surface area contributed by atoms with Crippen LogP contribution < -0.4 is 10.6 Å². The molecule has 1 aliphatic heterocycles. The second-order valence-electron chi connectivity index (χ2n) is 5.36. The summed E-state index contributed by atoms with van der Waals surface area (Å²) < 4.78 is 5.48. The molecule has 3 rings (SSSR count). The van der Waals surface area contributed by atoms with Crippen LogP contribution in [0.3, 0.4) is 0 Å². The maximum absolute atomic E-state index is 12.2. The Balaban J connectivity index is 1.67. The fourth-order valence-corrected chi connectivity index (χ4v) is 2.74. The Morgan fingerprint density at radius 2 is 2.21 bits per heavy atom. The summed E-state index contributed by atoms with van der Waals surface area (Å²) in [7, 11) is 0. The van der Waals surface area contributed by atoms with Gasteiger partial charge in [-0.15, -0.1) is 0 Å². The summed E-state index contributed by atoms with van der Waals surface area (Å²) in [5.74, 6) is 0.185. The number of halogens is 2. The van der Waals surface area contributed by atoms with Crippen molar-refractivity contribution < 1.29 is 9.53 Å². The Morgan fingerprint density at radius 3 is 3.00 bits per heavy atom. The van der Waals surface area contributed by atoms with Gasteiger partial charge >= 0.3 is 0 Å². The molecular weight excluding hydrogens is 351 g/mol. The lowest BCUT2D eigenvalue weighted by Crippen LogP contribution is -2.32. The summed E-state index contributed by atoms with van der Waals surface area (Å²) in [6.45, 7) is 1.23. The predicted octanol–water partition coefficient (Wildman–Crippen LogP) is 3.44. The van der Waals surface area contributed by atoms with Crippen LogP contribution in [0.4, 0.5) is 11.5 Å². The number of benzene rings is 1. The Labute approximate surface area is 149 Å². The molecule has 2 heterocycles. The molecule has 0 saturated carbocycles. The lowest BCUT2D eigenvalue weighted by molar-refractivity contribution is 0.0853. The van der Waals surface area contributed by atoms with Crippen LogP contribution in [0.5, 0.6) is 0 Å². The Hall–Kier alpha value is -1.89. The monoisotopic (exact) mass is 366 g/mol. The van der Waals surface area contributed by atoms with Crippen molar-refractivity contribution in [2.75, 3.05) is 18.5 Å². The van der Waals surface area contributed by atoms with Crippen molar-refractivity contribution in [1.29, 1.82) is 0 Å². The van der Waals surface area contributed by atoms with Gasteiger partial charge in [-0.3, -0.25) is 4.79 Å². The van der Waals surface area contributed by atoms with Crippen LogP contribution in [0.25, 0.3) is 0 Å². The van der Waals surface area contributed by atoms with E-state index >= 15 is 0 Å². The van der Waals surface area contributed by atoms with Gasteiger partial charge in [0, 0.05) is 19.2 Å². The molecule has 1 aromatic heterocycles. The summed E-state index contributed by atoms with van der Waals surface area (Å²) in [6, 6.07) is 6.79. The summed E-state index contributed by atoms with van der Waals surface area (Å²) >= 11 is 12.1. The summed E-state index contributed by atoms with van der Waals surface area (Å²) in [6.07, 6.45) is 3.40. The number of carbonyl (C=O) groups is 1. The number of rotatable bonds is 5. The maximum atomic E-state index is 12.2. The number of hydrogen-bond acceptors (Lipinski definition) is 5. The molecule has 1 saturated heterocycles. The molecular formula is C16H16Cl2N4O2. The van der Waals surface area contributed by atoms with E-state index in [1.165, 1.54) is 6.33 Å². The van der Waals surface area contributed by atoms with E-state index < -0.39 is 0 Å². The smallest absolute Gasteiger partial charge is 0.270 e. The average molecular weight is 367 g/mol. The highest BCUT2D eigenvalue weighted by Crippen LogP contribution is 2.31. The first-order chi connectivity index (χ1) is 11.6. The van der Waals surface area contributed by atoms with Crippen molar-refractivity contribution >= 4 is 40.6 Å². The van der Waals surface area contributed by atoms with E-state index in [9.17, 15) is 4.79 Å². The molecule has 126 valence electrons. The zero-order valence-corrected chi connectivity index (χ0v) is 14.3. The lowest BCUT2D eigenvalue weighted by Gasteiger charge is -2.11. The second-order valence-corrected chi connectivity index (χ2v) is 6.15. The topological polar surface area (TPSA) is 76.1 Å². The molecule has 1 amide bonds. The van der Waals surface area contributed by atoms with Crippen molar-refractivity contribution in [2.24, 2.45) is 0 Å². The van der Waals surface area contributed by atoms with Crippen LogP contribution in [0.1, 0.15) is 23.3 Å². The second kappa shape index (κ2) is 7.79.